The Hall–Kier alpha value is -1.69. The zero-order chi connectivity index (χ0) is 12.7. The second-order valence-corrected chi connectivity index (χ2v) is 3.97. The van der Waals surface area contributed by atoms with E-state index in [0.29, 0.717) is 18.1 Å². The van der Waals surface area contributed by atoms with Gasteiger partial charge in [-0.25, -0.2) is 0 Å². The molecule has 1 aromatic rings. The van der Waals surface area contributed by atoms with Crippen LogP contribution in [0.3, 0.4) is 0 Å². The summed E-state index contributed by atoms with van der Waals surface area (Å²) in [5.74, 6) is 0.466. The van der Waals surface area contributed by atoms with Crippen LogP contribution < -0.4 is 10.6 Å². The van der Waals surface area contributed by atoms with Crippen molar-refractivity contribution in [2.45, 2.75) is 6.42 Å². The Kier molecular flexibility index (Phi) is 5.35. The van der Waals surface area contributed by atoms with Gasteiger partial charge < -0.3 is 15.5 Å². The van der Waals surface area contributed by atoms with E-state index in [0.717, 1.165) is 13.0 Å². The van der Waals surface area contributed by atoms with Crippen LogP contribution in [0.25, 0.3) is 0 Å². The highest BCUT2D eigenvalue weighted by Gasteiger charge is 2.06. The Morgan fingerprint density at radius 2 is 2.12 bits per heavy atom. The molecule has 2 N–H and O–H groups in total. The number of hydrogen-bond acceptors (Lipinski definition) is 5. The third kappa shape index (κ3) is 4.78. The molecule has 6 nitrogen and oxygen atoms in total. The minimum absolute atomic E-state index is 0.182. The van der Waals surface area contributed by atoms with Gasteiger partial charge in [0.15, 0.2) is 5.69 Å². The molecule has 0 unspecified atom stereocenters. The van der Waals surface area contributed by atoms with Crippen molar-refractivity contribution >= 4 is 11.7 Å². The Balaban J connectivity index is 2.36. The second kappa shape index (κ2) is 6.80. The molecular formula is C11H19N5O. The van der Waals surface area contributed by atoms with Gasteiger partial charge in [0.05, 0.1) is 0 Å². The van der Waals surface area contributed by atoms with Crippen molar-refractivity contribution in [3.8, 4) is 0 Å². The Morgan fingerprint density at radius 3 is 2.65 bits per heavy atom. The quantitative estimate of drug-likeness (QED) is 0.692. The van der Waals surface area contributed by atoms with Crippen LogP contribution in [0, 0.1) is 0 Å². The lowest BCUT2D eigenvalue weighted by molar-refractivity contribution is 0.0946. The first-order chi connectivity index (χ1) is 8.13. The molecule has 0 saturated carbocycles. The Labute approximate surface area is 101 Å². The molecule has 0 spiro atoms. The van der Waals surface area contributed by atoms with Gasteiger partial charge in [-0.1, -0.05) is 0 Å². The smallest absolute Gasteiger partial charge is 0.271 e. The van der Waals surface area contributed by atoms with Gasteiger partial charge in [0.1, 0.15) is 5.82 Å². The van der Waals surface area contributed by atoms with Crippen molar-refractivity contribution in [3.05, 3.63) is 17.8 Å². The second-order valence-electron chi connectivity index (χ2n) is 3.97. The molecule has 6 heteroatoms. The van der Waals surface area contributed by atoms with Crippen LogP contribution in [0.5, 0.6) is 0 Å². The lowest BCUT2D eigenvalue weighted by Crippen LogP contribution is -2.28. The summed E-state index contributed by atoms with van der Waals surface area (Å²) in [5.41, 5.74) is 0.342. The fourth-order valence-corrected chi connectivity index (χ4v) is 1.27. The molecule has 0 atom stereocenters. The van der Waals surface area contributed by atoms with Crippen LogP contribution in [-0.4, -0.2) is 55.2 Å². The largest absolute Gasteiger partial charge is 0.372 e. The van der Waals surface area contributed by atoms with E-state index in [1.165, 1.54) is 0 Å². The molecule has 0 aromatic carbocycles. The molecule has 1 heterocycles. The summed E-state index contributed by atoms with van der Waals surface area (Å²) in [6, 6.07) is 3.38. The molecule has 0 bridgehead atoms. The molecular weight excluding hydrogens is 218 g/mol. The van der Waals surface area contributed by atoms with Gasteiger partial charge in [-0.3, -0.25) is 4.79 Å². The predicted molar refractivity (Wildman–Crippen MR) is 67.1 cm³/mol. The van der Waals surface area contributed by atoms with Crippen molar-refractivity contribution in [3.63, 3.8) is 0 Å². The average Bonchev–Trinajstić information content (AvgIpc) is 2.34. The number of nitrogens with one attached hydrogen (secondary N) is 2. The lowest BCUT2D eigenvalue weighted by Gasteiger charge is -2.09. The minimum Gasteiger partial charge on any atom is -0.372 e. The molecule has 94 valence electrons. The van der Waals surface area contributed by atoms with Crippen molar-refractivity contribution in [2.75, 3.05) is 39.5 Å². The summed E-state index contributed by atoms with van der Waals surface area (Å²) >= 11 is 0. The number of rotatable bonds is 6. The molecule has 1 amide bonds. The number of anilines is 1. The van der Waals surface area contributed by atoms with Crippen LogP contribution in [0.4, 0.5) is 5.82 Å². The van der Waals surface area contributed by atoms with Gasteiger partial charge >= 0.3 is 0 Å². The summed E-state index contributed by atoms with van der Waals surface area (Å²) in [7, 11) is 5.76. The predicted octanol–water partition coefficient (Wildman–Crippen LogP) is 0.200. The summed E-state index contributed by atoms with van der Waals surface area (Å²) in [5, 5.41) is 13.3. The lowest BCUT2D eigenvalue weighted by atomic mass is 10.3. The van der Waals surface area contributed by atoms with Gasteiger partial charge in [-0.15, -0.1) is 10.2 Å². The maximum atomic E-state index is 11.6. The summed E-state index contributed by atoms with van der Waals surface area (Å²) < 4.78 is 0. The van der Waals surface area contributed by atoms with E-state index in [4.69, 9.17) is 0 Å². The van der Waals surface area contributed by atoms with E-state index in [2.05, 4.69) is 25.7 Å². The summed E-state index contributed by atoms with van der Waals surface area (Å²) in [4.78, 5) is 13.7. The van der Waals surface area contributed by atoms with Crippen molar-refractivity contribution in [1.82, 2.24) is 20.4 Å². The van der Waals surface area contributed by atoms with E-state index in [1.54, 1.807) is 19.2 Å². The van der Waals surface area contributed by atoms with E-state index in [1.807, 2.05) is 14.1 Å². The van der Waals surface area contributed by atoms with Crippen LogP contribution in [0.15, 0.2) is 12.1 Å². The maximum absolute atomic E-state index is 11.6. The van der Waals surface area contributed by atoms with Gasteiger partial charge in [0.25, 0.3) is 5.91 Å². The number of aromatic nitrogens is 2. The monoisotopic (exact) mass is 237 g/mol. The standard InChI is InChI=1S/C11H19N5O/c1-12-10-6-5-9(14-15-10)11(17)13-7-4-8-16(2)3/h5-6H,4,7-8H2,1-3H3,(H,12,15)(H,13,17). The van der Waals surface area contributed by atoms with E-state index < -0.39 is 0 Å². The van der Waals surface area contributed by atoms with E-state index in [9.17, 15) is 4.79 Å². The van der Waals surface area contributed by atoms with Crippen molar-refractivity contribution in [1.29, 1.82) is 0 Å². The van der Waals surface area contributed by atoms with Crippen molar-refractivity contribution in [2.24, 2.45) is 0 Å². The van der Waals surface area contributed by atoms with Crippen molar-refractivity contribution < 1.29 is 4.79 Å². The Bertz CT molecular complexity index is 349. The number of nitrogens with zero attached hydrogens (tertiary/aromatic N) is 3. The molecule has 0 aliphatic heterocycles. The topological polar surface area (TPSA) is 70.2 Å². The number of hydrogen-bond donors (Lipinski definition) is 2. The molecule has 0 radical (unpaired) electrons. The molecule has 0 saturated heterocycles. The normalized spacial score (nSPS) is 10.4. The minimum atomic E-state index is -0.182. The molecule has 0 aliphatic carbocycles. The molecule has 1 aromatic heterocycles. The highest BCUT2D eigenvalue weighted by atomic mass is 16.1. The molecule has 0 fully saturated rings. The van der Waals surface area contributed by atoms with Crippen LogP contribution in [0.2, 0.25) is 0 Å². The number of carbonyl (C=O) groups is 1. The zero-order valence-corrected chi connectivity index (χ0v) is 10.5. The SMILES string of the molecule is CNc1ccc(C(=O)NCCCN(C)C)nn1. The van der Waals surface area contributed by atoms with Gasteiger partial charge in [0, 0.05) is 13.6 Å². The molecule has 1 rings (SSSR count). The highest BCUT2D eigenvalue weighted by molar-refractivity contribution is 5.92. The summed E-state index contributed by atoms with van der Waals surface area (Å²) in [6.45, 7) is 1.59. The fourth-order valence-electron chi connectivity index (χ4n) is 1.27. The van der Waals surface area contributed by atoms with Gasteiger partial charge in [0.2, 0.25) is 0 Å². The van der Waals surface area contributed by atoms with Gasteiger partial charge in [-0.2, -0.15) is 0 Å². The van der Waals surface area contributed by atoms with Crippen LogP contribution in [-0.2, 0) is 0 Å². The number of carbonyl (C=O) groups excluding carboxylic acids is 1. The van der Waals surface area contributed by atoms with Gasteiger partial charge in [-0.05, 0) is 39.2 Å². The summed E-state index contributed by atoms with van der Waals surface area (Å²) in [6.07, 6.45) is 0.917. The first-order valence-corrected chi connectivity index (χ1v) is 5.58. The molecule has 0 aliphatic rings. The van der Waals surface area contributed by atoms with Crippen LogP contribution >= 0.6 is 0 Å². The zero-order valence-electron chi connectivity index (χ0n) is 10.5. The third-order valence-corrected chi connectivity index (χ3v) is 2.22. The number of amides is 1. The average molecular weight is 237 g/mol. The van der Waals surface area contributed by atoms with E-state index in [-0.39, 0.29) is 5.91 Å². The first kappa shape index (κ1) is 13.4. The van der Waals surface area contributed by atoms with E-state index >= 15 is 0 Å². The third-order valence-electron chi connectivity index (χ3n) is 2.22. The molecule has 17 heavy (non-hydrogen) atoms. The van der Waals surface area contributed by atoms with Crippen LogP contribution in [0.1, 0.15) is 16.9 Å². The maximum Gasteiger partial charge on any atom is 0.271 e. The Morgan fingerprint density at radius 1 is 1.35 bits per heavy atom. The fraction of sp³-hybridized carbons (Fsp3) is 0.545. The highest BCUT2D eigenvalue weighted by Crippen LogP contribution is 2.00. The first-order valence-electron chi connectivity index (χ1n) is 5.58.